The van der Waals surface area contributed by atoms with Crippen LogP contribution < -0.4 is 4.74 Å². The summed E-state index contributed by atoms with van der Waals surface area (Å²) < 4.78 is 7.11. The highest BCUT2D eigenvalue weighted by atomic mass is 16.5. The van der Waals surface area contributed by atoms with Gasteiger partial charge in [0.05, 0.1) is 19.0 Å². The molecule has 2 aromatic rings. The highest BCUT2D eigenvalue weighted by molar-refractivity contribution is 5.93. The van der Waals surface area contributed by atoms with Crippen LogP contribution in [-0.4, -0.2) is 22.4 Å². The Morgan fingerprint density at radius 1 is 1.35 bits per heavy atom. The van der Waals surface area contributed by atoms with Crippen LogP contribution in [0.2, 0.25) is 0 Å². The Balaban J connectivity index is 2.67. The largest absolute Gasteiger partial charge is 0.495 e. The van der Waals surface area contributed by atoms with E-state index in [9.17, 15) is 4.79 Å². The van der Waals surface area contributed by atoms with Gasteiger partial charge in [-0.1, -0.05) is 12.1 Å². The lowest BCUT2D eigenvalue weighted by Crippen LogP contribution is -2.07. The maximum Gasteiger partial charge on any atom is 0.178 e. The molecule has 1 aromatic heterocycles. The van der Waals surface area contributed by atoms with Crippen LogP contribution >= 0.6 is 0 Å². The van der Waals surface area contributed by atoms with Crippen molar-refractivity contribution in [3.8, 4) is 11.4 Å². The molecule has 0 spiro atoms. The van der Waals surface area contributed by atoms with E-state index in [2.05, 4.69) is 4.98 Å². The van der Waals surface area contributed by atoms with Crippen LogP contribution in [0.25, 0.3) is 5.69 Å². The van der Waals surface area contributed by atoms with Crippen molar-refractivity contribution in [1.29, 1.82) is 0 Å². The van der Waals surface area contributed by atoms with Crippen molar-refractivity contribution in [1.82, 2.24) is 9.55 Å². The lowest BCUT2D eigenvalue weighted by Gasteiger charge is -2.12. The number of nitrogens with zero attached hydrogens (tertiary/aromatic N) is 2. The molecular formula is C13H14N2O2. The van der Waals surface area contributed by atoms with Gasteiger partial charge in [0.25, 0.3) is 0 Å². The Kier molecular flexibility index (Phi) is 2.95. The zero-order chi connectivity index (χ0) is 12.4. The predicted octanol–water partition coefficient (Wildman–Crippen LogP) is 2.39. The van der Waals surface area contributed by atoms with E-state index in [1.165, 1.54) is 6.92 Å². The standard InChI is InChI=1S/C13H14N2O2/c1-9(16)12-8-14-10(2)15(12)11-6-4-5-7-13(11)17-3/h4-8H,1-3H3. The minimum Gasteiger partial charge on any atom is -0.495 e. The number of aryl methyl sites for hydroxylation is 1. The number of benzene rings is 1. The number of carbonyl (C=O) groups is 1. The molecule has 4 heteroatoms. The van der Waals surface area contributed by atoms with Crippen molar-refractivity contribution in [2.24, 2.45) is 0 Å². The molecule has 88 valence electrons. The van der Waals surface area contributed by atoms with Crippen molar-refractivity contribution in [3.63, 3.8) is 0 Å². The molecule has 0 aliphatic rings. The first-order valence-corrected chi connectivity index (χ1v) is 5.34. The van der Waals surface area contributed by atoms with Gasteiger partial charge < -0.3 is 4.74 Å². The Hall–Kier alpha value is -2.10. The van der Waals surface area contributed by atoms with E-state index in [0.717, 1.165) is 17.3 Å². The summed E-state index contributed by atoms with van der Waals surface area (Å²) in [6.07, 6.45) is 1.59. The average molecular weight is 230 g/mol. The molecule has 0 aliphatic carbocycles. The zero-order valence-electron chi connectivity index (χ0n) is 10.1. The molecule has 0 unspecified atom stereocenters. The van der Waals surface area contributed by atoms with Gasteiger partial charge in [0, 0.05) is 6.92 Å². The molecule has 0 N–H and O–H groups in total. The zero-order valence-corrected chi connectivity index (χ0v) is 10.1. The first-order chi connectivity index (χ1) is 8.15. The van der Waals surface area contributed by atoms with E-state index in [1.807, 2.05) is 31.2 Å². The number of aromatic nitrogens is 2. The summed E-state index contributed by atoms with van der Waals surface area (Å²) in [5.41, 5.74) is 1.39. The summed E-state index contributed by atoms with van der Waals surface area (Å²) in [5.74, 6) is 1.47. The summed E-state index contributed by atoms with van der Waals surface area (Å²) in [6, 6.07) is 7.56. The maximum absolute atomic E-state index is 11.6. The molecule has 17 heavy (non-hydrogen) atoms. The number of methoxy groups -OCH3 is 1. The topological polar surface area (TPSA) is 44.1 Å². The quantitative estimate of drug-likeness (QED) is 0.760. The van der Waals surface area contributed by atoms with Crippen molar-refractivity contribution < 1.29 is 9.53 Å². The van der Waals surface area contributed by atoms with Crippen LogP contribution in [0.4, 0.5) is 0 Å². The van der Waals surface area contributed by atoms with Gasteiger partial charge in [-0.2, -0.15) is 0 Å². The van der Waals surface area contributed by atoms with Gasteiger partial charge >= 0.3 is 0 Å². The molecule has 0 radical (unpaired) electrons. The summed E-state index contributed by atoms with van der Waals surface area (Å²) in [6.45, 7) is 3.39. The number of imidazole rings is 1. The van der Waals surface area contributed by atoms with E-state index in [0.29, 0.717) is 5.69 Å². The van der Waals surface area contributed by atoms with Gasteiger partial charge in [-0.3, -0.25) is 9.36 Å². The predicted molar refractivity (Wildman–Crippen MR) is 64.9 cm³/mol. The van der Waals surface area contributed by atoms with E-state index in [-0.39, 0.29) is 5.78 Å². The van der Waals surface area contributed by atoms with Gasteiger partial charge in [0.15, 0.2) is 5.78 Å². The molecule has 1 heterocycles. The van der Waals surface area contributed by atoms with Crippen molar-refractivity contribution >= 4 is 5.78 Å². The Morgan fingerprint density at radius 3 is 2.71 bits per heavy atom. The smallest absolute Gasteiger partial charge is 0.178 e. The number of carbonyl (C=O) groups excluding carboxylic acids is 1. The summed E-state index contributed by atoms with van der Waals surface area (Å²) in [7, 11) is 1.61. The van der Waals surface area contributed by atoms with Crippen LogP contribution in [0.5, 0.6) is 5.75 Å². The fraction of sp³-hybridized carbons (Fsp3) is 0.231. The normalized spacial score (nSPS) is 10.3. The lowest BCUT2D eigenvalue weighted by atomic mass is 10.2. The van der Waals surface area contributed by atoms with E-state index in [1.54, 1.807) is 17.9 Å². The van der Waals surface area contributed by atoms with Crippen LogP contribution in [0.1, 0.15) is 23.2 Å². The molecule has 0 fully saturated rings. The number of Topliss-reactive ketones (excluding diaryl/α,β-unsaturated/α-hetero) is 1. The van der Waals surface area contributed by atoms with Gasteiger partial charge in [0.2, 0.25) is 0 Å². The lowest BCUT2D eigenvalue weighted by molar-refractivity contribution is 0.101. The first kappa shape index (κ1) is 11.4. The molecule has 1 aromatic carbocycles. The average Bonchev–Trinajstić information content (AvgIpc) is 2.71. The van der Waals surface area contributed by atoms with Crippen molar-refractivity contribution in [2.45, 2.75) is 13.8 Å². The summed E-state index contributed by atoms with van der Waals surface area (Å²) in [5, 5.41) is 0. The van der Waals surface area contributed by atoms with Crippen molar-refractivity contribution in [3.05, 3.63) is 42.0 Å². The molecule has 2 rings (SSSR count). The van der Waals surface area contributed by atoms with Crippen LogP contribution in [-0.2, 0) is 0 Å². The minimum atomic E-state index is -0.0171. The molecular weight excluding hydrogens is 216 g/mol. The Bertz CT molecular complexity index is 558. The summed E-state index contributed by atoms with van der Waals surface area (Å²) >= 11 is 0. The monoisotopic (exact) mass is 230 g/mol. The second-order valence-electron chi connectivity index (χ2n) is 3.75. The third kappa shape index (κ3) is 1.93. The SMILES string of the molecule is COc1ccccc1-n1c(C(C)=O)cnc1C. The van der Waals surface area contributed by atoms with Gasteiger partial charge in [-0.15, -0.1) is 0 Å². The van der Waals surface area contributed by atoms with E-state index in [4.69, 9.17) is 4.74 Å². The van der Waals surface area contributed by atoms with Gasteiger partial charge in [0.1, 0.15) is 17.3 Å². The molecule has 0 amide bonds. The number of hydrogen-bond acceptors (Lipinski definition) is 3. The molecule has 0 saturated heterocycles. The van der Waals surface area contributed by atoms with Gasteiger partial charge in [-0.05, 0) is 19.1 Å². The molecule has 4 nitrogen and oxygen atoms in total. The molecule has 0 aliphatic heterocycles. The first-order valence-electron chi connectivity index (χ1n) is 5.34. The van der Waals surface area contributed by atoms with Crippen LogP contribution in [0.15, 0.2) is 30.5 Å². The number of ketones is 1. The number of hydrogen-bond donors (Lipinski definition) is 0. The Morgan fingerprint density at radius 2 is 2.06 bits per heavy atom. The number of para-hydroxylation sites is 2. The highest BCUT2D eigenvalue weighted by Gasteiger charge is 2.14. The van der Waals surface area contributed by atoms with Crippen molar-refractivity contribution in [2.75, 3.05) is 7.11 Å². The van der Waals surface area contributed by atoms with Crippen LogP contribution in [0.3, 0.4) is 0 Å². The highest BCUT2D eigenvalue weighted by Crippen LogP contribution is 2.25. The molecule has 0 saturated carbocycles. The second kappa shape index (κ2) is 4.41. The molecule has 0 bridgehead atoms. The minimum absolute atomic E-state index is 0.0171. The van der Waals surface area contributed by atoms with E-state index < -0.39 is 0 Å². The second-order valence-corrected chi connectivity index (χ2v) is 3.75. The van der Waals surface area contributed by atoms with Gasteiger partial charge in [-0.25, -0.2) is 4.98 Å². The summed E-state index contributed by atoms with van der Waals surface area (Å²) in [4.78, 5) is 15.7. The van der Waals surface area contributed by atoms with E-state index >= 15 is 0 Å². The third-order valence-corrected chi connectivity index (χ3v) is 2.62. The fourth-order valence-corrected chi connectivity index (χ4v) is 1.81. The van der Waals surface area contributed by atoms with Crippen LogP contribution in [0, 0.1) is 6.92 Å². The number of ether oxygens (including phenoxy) is 1. The number of rotatable bonds is 3. The molecule has 0 atom stereocenters. The Labute approximate surface area is 99.9 Å². The maximum atomic E-state index is 11.6. The third-order valence-electron chi connectivity index (χ3n) is 2.62. The fourth-order valence-electron chi connectivity index (χ4n) is 1.81.